The molecule has 0 bridgehead atoms. The normalized spacial score (nSPS) is 10.4. The van der Waals surface area contributed by atoms with Crippen LogP contribution in [0.3, 0.4) is 0 Å². The molecule has 26 heavy (non-hydrogen) atoms. The molecule has 0 fully saturated rings. The lowest BCUT2D eigenvalue weighted by atomic mass is 10.1. The van der Waals surface area contributed by atoms with Crippen molar-refractivity contribution in [3.8, 4) is 0 Å². The molecule has 0 aliphatic carbocycles. The van der Waals surface area contributed by atoms with E-state index >= 15 is 0 Å². The summed E-state index contributed by atoms with van der Waals surface area (Å²) in [5.41, 5.74) is 3.30. The molecule has 1 N–H and O–H groups in total. The molecule has 4 nitrogen and oxygen atoms in total. The van der Waals surface area contributed by atoms with E-state index in [0.717, 1.165) is 24.9 Å². The van der Waals surface area contributed by atoms with Crippen molar-refractivity contribution in [2.45, 2.75) is 39.5 Å². The number of amides is 2. The number of rotatable bonds is 9. The Hall–Kier alpha value is -2.62. The first-order valence-corrected chi connectivity index (χ1v) is 9.26. The largest absolute Gasteiger partial charge is 0.342 e. The average Bonchev–Trinajstić information content (AvgIpc) is 2.65. The summed E-state index contributed by atoms with van der Waals surface area (Å²) in [5, 5.41) is 2.89. The van der Waals surface area contributed by atoms with Crippen LogP contribution in [0.25, 0.3) is 0 Å². The highest BCUT2D eigenvalue weighted by Crippen LogP contribution is 2.10. The number of nitrogens with zero attached hydrogens (tertiary/aromatic N) is 1. The molecular formula is C22H28N2O2. The summed E-state index contributed by atoms with van der Waals surface area (Å²) in [6.45, 7) is 4.78. The van der Waals surface area contributed by atoms with Crippen LogP contribution in [0.4, 0.5) is 5.69 Å². The monoisotopic (exact) mass is 352 g/mol. The van der Waals surface area contributed by atoms with Crippen molar-refractivity contribution < 1.29 is 9.59 Å². The summed E-state index contributed by atoms with van der Waals surface area (Å²) >= 11 is 0. The minimum absolute atomic E-state index is 0.0122. The van der Waals surface area contributed by atoms with Crippen molar-refractivity contribution >= 4 is 17.5 Å². The van der Waals surface area contributed by atoms with Crippen LogP contribution >= 0.6 is 0 Å². The fourth-order valence-electron chi connectivity index (χ4n) is 2.83. The van der Waals surface area contributed by atoms with Crippen LogP contribution < -0.4 is 5.32 Å². The molecule has 0 aliphatic rings. The molecule has 0 saturated heterocycles. The molecule has 0 spiro atoms. The number of benzene rings is 2. The van der Waals surface area contributed by atoms with E-state index < -0.39 is 0 Å². The molecule has 4 heteroatoms. The zero-order valence-electron chi connectivity index (χ0n) is 15.7. The van der Waals surface area contributed by atoms with Crippen LogP contribution in [0.1, 0.15) is 37.8 Å². The third kappa shape index (κ3) is 6.71. The summed E-state index contributed by atoms with van der Waals surface area (Å²) < 4.78 is 0. The first-order valence-electron chi connectivity index (χ1n) is 9.26. The molecule has 0 atom stereocenters. The fourth-order valence-corrected chi connectivity index (χ4v) is 2.83. The van der Waals surface area contributed by atoms with E-state index in [1.807, 2.05) is 42.5 Å². The molecule has 0 radical (unpaired) electrons. The Balaban J connectivity index is 1.75. The Kier molecular flexibility index (Phi) is 7.87. The van der Waals surface area contributed by atoms with Crippen LogP contribution in [0.5, 0.6) is 0 Å². The molecule has 2 rings (SSSR count). The maximum absolute atomic E-state index is 12.1. The van der Waals surface area contributed by atoms with Gasteiger partial charge in [-0.05, 0) is 42.5 Å². The van der Waals surface area contributed by atoms with Crippen molar-refractivity contribution in [3.05, 3.63) is 65.7 Å². The topological polar surface area (TPSA) is 49.4 Å². The number of aryl methyl sites for hydroxylation is 2. The molecule has 2 aromatic rings. The second-order valence-corrected chi connectivity index (χ2v) is 6.44. The van der Waals surface area contributed by atoms with E-state index in [0.29, 0.717) is 19.5 Å². The molecule has 0 unspecified atom stereocenters. The molecule has 0 aromatic heterocycles. The third-order valence-electron chi connectivity index (χ3n) is 4.44. The highest BCUT2D eigenvalue weighted by molar-refractivity contribution is 5.91. The van der Waals surface area contributed by atoms with Crippen LogP contribution in [-0.2, 0) is 22.4 Å². The van der Waals surface area contributed by atoms with Gasteiger partial charge in [0.15, 0.2) is 0 Å². The third-order valence-corrected chi connectivity index (χ3v) is 4.44. The second-order valence-electron chi connectivity index (χ2n) is 6.44. The SMILES string of the molecule is CCc1ccc(NC(=O)CCN(CCCc2ccccc2)C(C)=O)cc1. The molecule has 2 amide bonds. The Morgan fingerprint density at radius 3 is 2.23 bits per heavy atom. The minimum atomic E-state index is -0.0662. The lowest BCUT2D eigenvalue weighted by Crippen LogP contribution is -2.33. The predicted molar refractivity (Wildman–Crippen MR) is 106 cm³/mol. The zero-order valence-corrected chi connectivity index (χ0v) is 15.7. The Labute approximate surface area is 156 Å². The van der Waals surface area contributed by atoms with E-state index in [2.05, 4.69) is 24.4 Å². The number of carbonyl (C=O) groups excluding carboxylic acids is 2. The number of anilines is 1. The van der Waals surface area contributed by atoms with Gasteiger partial charge >= 0.3 is 0 Å². The van der Waals surface area contributed by atoms with Gasteiger partial charge in [0.1, 0.15) is 0 Å². The summed E-state index contributed by atoms with van der Waals surface area (Å²) in [6.07, 6.45) is 3.11. The molecule has 2 aromatic carbocycles. The molecule has 0 heterocycles. The molecule has 0 aliphatic heterocycles. The van der Waals surface area contributed by atoms with Crippen molar-refractivity contribution in [1.29, 1.82) is 0 Å². The Morgan fingerprint density at radius 2 is 1.62 bits per heavy atom. The van der Waals surface area contributed by atoms with Gasteiger partial charge in [0, 0.05) is 32.1 Å². The standard InChI is InChI=1S/C22H28N2O2/c1-3-19-11-13-21(14-12-19)23-22(26)15-17-24(18(2)25)16-7-10-20-8-5-4-6-9-20/h4-6,8-9,11-14H,3,7,10,15-17H2,1-2H3,(H,23,26). The van der Waals surface area contributed by atoms with Gasteiger partial charge in [-0.1, -0.05) is 49.4 Å². The minimum Gasteiger partial charge on any atom is -0.342 e. The van der Waals surface area contributed by atoms with Crippen LogP contribution in [0.15, 0.2) is 54.6 Å². The summed E-state index contributed by atoms with van der Waals surface area (Å²) in [6, 6.07) is 18.1. The summed E-state index contributed by atoms with van der Waals surface area (Å²) in [4.78, 5) is 25.7. The van der Waals surface area contributed by atoms with Gasteiger partial charge in [0.05, 0.1) is 0 Å². The molecule has 0 saturated carbocycles. The lowest BCUT2D eigenvalue weighted by Gasteiger charge is -2.20. The molecular weight excluding hydrogens is 324 g/mol. The summed E-state index contributed by atoms with van der Waals surface area (Å²) in [7, 11) is 0. The van der Waals surface area contributed by atoms with Gasteiger partial charge in [-0.15, -0.1) is 0 Å². The number of hydrogen-bond acceptors (Lipinski definition) is 2. The van der Waals surface area contributed by atoms with Crippen LogP contribution in [-0.4, -0.2) is 29.8 Å². The van der Waals surface area contributed by atoms with Crippen LogP contribution in [0.2, 0.25) is 0 Å². The fraction of sp³-hybridized carbons (Fsp3) is 0.364. The quantitative estimate of drug-likeness (QED) is 0.740. The first kappa shape index (κ1) is 19.7. The van der Waals surface area contributed by atoms with Gasteiger partial charge < -0.3 is 10.2 Å². The van der Waals surface area contributed by atoms with Crippen LogP contribution in [0, 0.1) is 0 Å². The van der Waals surface area contributed by atoms with E-state index in [1.165, 1.54) is 11.1 Å². The second kappa shape index (κ2) is 10.4. The van der Waals surface area contributed by atoms with Gasteiger partial charge in [0.2, 0.25) is 11.8 Å². The average molecular weight is 352 g/mol. The van der Waals surface area contributed by atoms with Gasteiger partial charge in [-0.2, -0.15) is 0 Å². The van der Waals surface area contributed by atoms with Crippen molar-refractivity contribution in [1.82, 2.24) is 4.90 Å². The smallest absolute Gasteiger partial charge is 0.226 e. The number of carbonyl (C=O) groups is 2. The maximum Gasteiger partial charge on any atom is 0.226 e. The van der Waals surface area contributed by atoms with E-state index in [-0.39, 0.29) is 11.8 Å². The first-order chi connectivity index (χ1) is 12.6. The summed E-state index contributed by atoms with van der Waals surface area (Å²) in [5.74, 6) is -0.0540. The van der Waals surface area contributed by atoms with E-state index in [4.69, 9.17) is 0 Å². The molecule has 138 valence electrons. The zero-order chi connectivity index (χ0) is 18.8. The van der Waals surface area contributed by atoms with Crippen molar-refractivity contribution in [3.63, 3.8) is 0 Å². The lowest BCUT2D eigenvalue weighted by molar-refractivity contribution is -0.129. The Bertz CT molecular complexity index is 696. The van der Waals surface area contributed by atoms with Gasteiger partial charge in [0.25, 0.3) is 0 Å². The van der Waals surface area contributed by atoms with Gasteiger partial charge in [-0.3, -0.25) is 9.59 Å². The van der Waals surface area contributed by atoms with E-state index in [1.54, 1.807) is 11.8 Å². The highest BCUT2D eigenvalue weighted by atomic mass is 16.2. The highest BCUT2D eigenvalue weighted by Gasteiger charge is 2.11. The van der Waals surface area contributed by atoms with Crippen molar-refractivity contribution in [2.75, 3.05) is 18.4 Å². The van der Waals surface area contributed by atoms with Crippen molar-refractivity contribution in [2.24, 2.45) is 0 Å². The van der Waals surface area contributed by atoms with Gasteiger partial charge in [-0.25, -0.2) is 0 Å². The Morgan fingerprint density at radius 1 is 0.923 bits per heavy atom. The maximum atomic E-state index is 12.1. The number of nitrogens with one attached hydrogen (secondary N) is 1. The predicted octanol–water partition coefficient (Wildman–Crippen LogP) is 4.06. The number of hydrogen-bond donors (Lipinski definition) is 1. The van der Waals surface area contributed by atoms with E-state index in [9.17, 15) is 9.59 Å².